The van der Waals surface area contributed by atoms with Crippen LogP contribution in [0.15, 0.2) is 66.9 Å². The molecule has 0 spiro atoms. The highest BCUT2D eigenvalue weighted by Crippen LogP contribution is 2.33. The largest absolute Gasteiger partial charge is 0.367 e. The van der Waals surface area contributed by atoms with E-state index in [4.69, 9.17) is 11.6 Å². The number of piperazine rings is 1. The lowest BCUT2D eigenvalue weighted by Crippen LogP contribution is -2.54. The van der Waals surface area contributed by atoms with Crippen molar-refractivity contribution in [1.29, 1.82) is 0 Å². The Hall–Kier alpha value is -3.61. The van der Waals surface area contributed by atoms with Gasteiger partial charge >= 0.3 is 0 Å². The first-order valence-electron chi connectivity index (χ1n) is 13.0. The number of benzene rings is 3. The second kappa shape index (κ2) is 10.6. The highest BCUT2D eigenvalue weighted by atomic mass is 35.5. The summed E-state index contributed by atoms with van der Waals surface area (Å²) in [6.07, 6.45) is 1.82. The number of amides is 1. The van der Waals surface area contributed by atoms with E-state index >= 15 is 0 Å². The molecule has 1 saturated heterocycles. The molecule has 2 N–H and O–H groups in total. The molecule has 0 bridgehead atoms. The van der Waals surface area contributed by atoms with E-state index in [1.807, 2.05) is 54.7 Å². The SMILES string of the molecule is CC(=O)NCc1ccc(-c2ccc(C(=O)n3ccc4cc(Cl)c(N5C[C@@H](C)N[C@@H](C)C5)cc43)cc2)c(C)c1. The van der Waals surface area contributed by atoms with Gasteiger partial charge in [-0.3, -0.25) is 14.2 Å². The fourth-order valence-electron chi connectivity index (χ4n) is 5.40. The summed E-state index contributed by atoms with van der Waals surface area (Å²) >= 11 is 6.69. The van der Waals surface area contributed by atoms with E-state index < -0.39 is 0 Å². The number of aromatic nitrogens is 1. The average molecular weight is 529 g/mol. The van der Waals surface area contributed by atoms with E-state index in [1.54, 1.807) is 4.57 Å². The maximum absolute atomic E-state index is 13.6. The first-order valence-corrected chi connectivity index (χ1v) is 13.4. The number of anilines is 1. The topological polar surface area (TPSA) is 66.4 Å². The Bertz CT molecular complexity index is 1500. The summed E-state index contributed by atoms with van der Waals surface area (Å²) in [5, 5.41) is 8.03. The quantitative estimate of drug-likeness (QED) is 0.344. The lowest BCUT2D eigenvalue weighted by molar-refractivity contribution is -0.119. The number of fused-ring (bicyclic) bond motifs is 1. The highest BCUT2D eigenvalue weighted by Gasteiger charge is 2.24. The average Bonchev–Trinajstić information content (AvgIpc) is 3.28. The van der Waals surface area contributed by atoms with Gasteiger partial charge in [-0.25, -0.2) is 0 Å². The number of aryl methyl sites for hydroxylation is 1. The maximum atomic E-state index is 13.6. The number of rotatable bonds is 5. The molecule has 2 heterocycles. The number of hydrogen-bond acceptors (Lipinski definition) is 4. The van der Waals surface area contributed by atoms with Gasteiger partial charge in [0.05, 0.1) is 16.2 Å². The van der Waals surface area contributed by atoms with Crippen molar-refractivity contribution in [2.75, 3.05) is 18.0 Å². The maximum Gasteiger partial charge on any atom is 0.262 e. The molecule has 1 aliphatic rings. The van der Waals surface area contributed by atoms with Crippen molar-refractivity contribution < 1.29 is 9.59 Å². The Morgan fingerprint density at radius 1 is 1.00 bits per heavy atom. The van der Waals surface area contributed by atoms with Crippen molar-refractivity contribution in [2.45, 2.75) is 46.3 Å². The number of nitrogens with one attached hydrogen (secondary N) is 2. The lowest BCUT2D eigenvalue weighted by atomic mass is 9.97. The third-order valence-electron chi connectivity index (χ3n) is 7.15. The fraction of sp³-hybridized carbons (Fsp3) is 0.290. The Morgan fingerprint density at radius 3 is 2.37 bits per heavy atom. The van der Waals surface area contributed by atoms with Crippen LogP contribution in [0, 0.1) is 6.92 Å². The molecule has 38 heavy (non-hydrogen) atoms. The third-order valence-corrected chi connectivity index (χ3v) is 7.45. The lowest BCUT2D eigenvalue weighted by Gasteiger charge is -2.38. The molecule has 1 amide bonds. The Kier molecular flexibility index (Phi) is 7.28. The molecule has 5 rings (SSSR count). The molecule has 0 unspecified atom stereocenters. The number of carbonyl (C=O) groups excluding carboxylic acids is 2. The standard InChI is InChI=1S/C31H33ClN4O2/c1-19-13-23(16-33-22(4)37)5-10-27(19)24-6-8-25(9-7-24)31(38)36-12-11-26-14-28(32)30(15-29(26)36)35-17-20(2)34-21(3)18-35/h5-15,20-21,34H,16-18H2,1-4H3,(H,33,37)/t20-,21+. The van der Waals surface area contributed by atoms with Gasteiger partial charge in [0.25, 0.3) is 5.91 Å². The van der Waals surface area contributed by atoms with E-state index in [0.717, 1.165) is 51.9 Å². The minimum atomic E-state index is -0.0794. The van der Waals surface area contributed by atoms with Crippen LogP contribution in [0.5, 0.6) is 0 Å². The number of halogens is 1. The molecular weight excluding hydrogens is 496 g/mol. The molecule has 2 atom stereocenters. The van der Waals surface area contributed by atoms with Crippen LogP contribution in [0.3, 0.4) is 0 Å². The second-order valence-corrected chi connectivity index (χ2v) is 10.8. The van der Waals surface area contributed by atoms with Crippen molar-refractivity contribution >= 4 is 40.0 Å². The van der Waals surface area contributed by atoms with Gasteiger partial charge in [0, 0.05) is 55.8 Å². The Labute approximate surface area is 228 Å². The zero-order valence-electron chi connectivity index (χ0n) is 22.2. The van der Waals surface area contributed by atoms with Gasteiger partial charge in [0.15, 0.2) is 0 Å². The molecule has 1 aromatic heterocycles. The number of hydrogen-bond donors (Lipinski definition) is 2. The van der Waals surface area contributed by atoms with Crippen LogP contribution in [0.25, 0.3) is 22.0 Å². The first-order chi connectivity index (χ1) is 18.2. The second-order valence-electron chi connectivity index (χ2n) is 10.4. The predicted octanol–water partition coefficient (Wildman–Crippen LogP) is 5.78. The first kappa shape index (κ1) is 26.0. The summed E-state index contributed by atoms with van der Waals surface area (Å²) in [4.78, 5) is 27.1. The molecule has 7 heteroatoms. The molecule has 4 aromatic rings. The minimum Gasteiger partial charge on any atom is -0.367 e. The van der Waals surface area contributed by atoms with Crippen molar-refractivity contribution in [3.05, 3.63) is 88.6 Å². The normalized spacial score (nSPS) is 17.6. The number of nitrogens with zero attached hydrogens (tertiary/aromatic N) is 2. The molecule has 0 aliphatic carbocycles. The van der Waals surface area contributed by atoms with E-state index in [-0.39, 0.29) is 11.8 Å². The van der Waals surface area contributed by atoms with E-state index in [1.165, 1.54) is 6.92 Å². The van der Waals surface area contributed by atoms with Crippen LogP contribution >= 0.6 is 11.6 Å². The summed E-state index contributed by atoms with van der Waals surface area (Å²) in [6.45, 7) is 10.1. The fourth-order valence-corrected chi connectivity index (χ4v) is 5.70. The van der Waals surface area contributed by atoms with Crippen molar-refractivity contribution in [2.24, 2.45) is 0 Å². The smallest absolute Gasteiger partial charge is 0.262 e. The molecule has 3 aromatic carbocycles. The molecule has 1 aliphatic heterocycles. The van der Waals surface area contributed by atoms with Crippen LogP contribution in [0.4, 0.5) is 5.69 Å². The van der Waals surface area contributed by atoms with Crippen LogP contribution in [0.2, 0.25) is 5.02 Å². The monoisotopic (exact) mass is 528 g/mol. The molecule has 0 radical (unpaired) electrons. The van der Waals surface area contributed by atoms with Crippen molar-refractivity contribution in [3.8, 4) is 11.1 Å². The van der Waals surface area contributed by atoms with Gasteiger partial charge in [0.1, 0.15) is 0 Å². The minimum absolute atomic E-state index is 0.0465. The summed E-state index contributed by atoms with van der Waals surface area (Å²) < 4.78 is 1.71. The van der Waals surface area contributed by atoms with Crippen LogP contribution in [-0.4, -0.2) is 41.6 Å². The van der Waals surface area contributed by atoms with E-state index in [9.17, 15) is 9.59 Å². The summed E-state index contributed by atoms with van der Waals surface area (Å²) in [6, 6.07) is 20.5. The van der Waals surface area contributed by atoms with Gasteiger partial charge < -0.3 is 15.5 Å². The Morgan fingerprint density at radius 2 is 1.71 bits per heavy atom. The summed E-state index contributed by atoms with van der Waals surface area (Å²) in [5.41, 5.74) is 6.73. The van der Waals surface area contributed by atoms with E-state index in [0.29, 0.717) is 29.2 Å². The van der Waals surface area contributed by atoms with Crippen LogP contribution in [0.1, 0.15) is 42.3 Å². The number of carbonyl (C=O) groups is 2. The van der Waals surface area contributed by atoms with Gasteiger partial charge in [-0.1, -0.05) is 41.9 Å². The molecule has 196 valence electrons. The van der Waals surface area contributed by atoms with Crippen LogP contribution in [-0.2, 0) is 11.3 Å². The van der Waals surface area contributed by atoms with Crippen molar-refractivity contribution in [1.82, 2.24) is 15.2 Å². The van der Waals surface area contributed by atoms with Gasteiger partial charge in [-0.15, -0.1) is 0 Å². The van der Waals surface area contributed by atoms with E-state index in [2.05, 4.69) is 48.4 Å². The Balaban J connectivity index is 1.40. The third kappa shape index (κ3) is 5.33. The molecule has 6 nitrogen and oxygen atoms in total. The van der Waals surface area contributed by atoms with Gasteiger partial charge in [-0.2, -0.15) is 0 Å². The molecule has 1 fully saturated rings. The highest BCUT2D eigenvalue weighted by molar-refractivity contribution is 6.34. The van der Waals surface area contributed by atoms with Crippen LogP contribution < -0.4 is 15.5 Å². The zero-order valence-corrected chi connectivity index (χ0v) is 23.0. The predicted molar refractivity (Wildman–Crippen MR) is 155 cm³/mol. The van der Waals surface area contributed by atoms with Gasteiger partial charge in [0.2, 0.25) is 5.91 Å². The van der Waals surface area contributed by atoms with Gasteiger partial charge in [-0.05, 0) is 73.4 Å². The van der Waals surface area contributed by atoms with Crippen molar-refractivity contribution in [3.63, 3.8) is 0 Å². The molecular formula is C31H33ClN4O2. The molecule has 0 saturated carbocycles. The summed E-state index contributed by atoms with van der Waals surface area (Å²) in [5.74, 6) is -0.126. The zero-order chi connectivity index (χ0) is 27.0. The summed E-state index contributed by atoms with van der Waals surface area (Å²) in [7, 11) is 0.